The van der Waals surface area contributed by atoms with E-state index >= 15 is 0 Å². The second-order valence-corrected chi connectivity index (χ2v) is 5.69. The maximum absolute atomic E-state index is 5.29. The molecule has 0 heterocycles. The van der Waals surface area contributed by atoms with Gasteiger partial charge in [0.15, 0.2) is 0 Å². The number of hydrogen-bond acceptors (Lipinski definition) is 3. The highest BCUT2D eigenvalue weighted by molar-refractivity contribution is 5.28. The molecule has 120 valence electrons. The monoisotopic (exact) mass is 292 g/mol. The molecule has 1 N–H and O–H groups in total. The zero-order valence-electron chi connectivity index (χ0n) is 14.4. The molecular formula is C18H32N2O. The number of aryl methyl sites for hydroxylation is 1. The van der Waals surface area contributed by atoms with Crippen molar-refractivity contribution in [3.05, 3.63) is 35.4 Å². The van der Waals surface area contributed by atoms with Crippen LogP contribution in [0.25, 0.3) is 0 Å². The number of rotatable bonds is 10. The van der Waals surface area contributed by atoms with E-state index in [0.29, 0.717) is 12.1 Å². The predicted octanol–water partition coefficient (Wildman–Crippen LogP) is 3.39. The van der Waals surface area contributed by atoms with Crippen molar-refractivity contribution in [1.82, 2.24) is 10.2 Å². The van der Waals surface area contributed by atoms with E-state index < -0.39 is 0 Å². The average molecular weight is 292 g/mol. The number of nitrogens with one attached hydrogen (secondary N) is 1. The fourth-order valence-corrected chi connectivity index (χ4v) is 2.92. The molecule has 0 aliphatic carbocycles. The summed E-state index contributed by atoms with van der Waals surface area (Å²) in [5.41, 5.74) is 2.80. The number of methoxy groups -OCH3 is 1. The van der Waals surface area contributed by atoms with E-state index in [-0.39, 0.29) is 0 Å². The van der Waals surface area contributed by atoms with Crippen LogP contribution < -0.4 is 5.32 Å². The molecule has 1 aromatic rings. The number of nitrogens with zero attached hydrogens (tertiary/aromatic N) is 1. The third-order valence-corrected chi connectivity index (χ3v) is 4.16. The van der Waals surface area contributed by atoms with Crippen LogP contribution in [0.3, 0.4) is 0 Å². The summed E-state index contributed by atoms with van der Waals surface area (Å²) >= 11 is 0. The first-order valence-corrected chi connectivity index (χ1v) is 8.15. The lowest BCUT2D eigenvalue weighted by Gasteiger charge is -2.30. The first kappa shape index (κ1) is 18.1. The molecule has 1 aromatic carbocycles. The zero-order valence-corrected chi connectivity index (χ0v) is 14.4. The lowest BCUT2D eigenvalue weighted by molar-refractivity contribution is 0.0997. The maximum Gasteiger partial charge on any atom is 0.0615 e. The lowest BCUT2D eigenvalue weighted by atomic mass is 9.98. The second kappa shape index (κ2) is 9.93. The zero-order chi connectivity index (χ0) is 15.7. The Balaban J connectivity index is 2.68. The standard InChI is InChI=1S/C18H32N2O/c1-6-19-18(17-11-9-8-10-15(17)3)12-13-20(7-2)16(4)14-21-5/h8-11,16,18-19H,6-7,12-14H2,1-5H3. The third kappa shape index (κ3) is 5.77. The van der Waals surface area contributed by atoms with Crippen molar-refractivity contribution >= 4 is 0 Å². The Morgan fingerprint density at radius 2 is 1.95 bits per heavy atom. The van der Waals surface area contributed by atoms with Crippen molar-refractivity contribution in [2.75, 3.05) is 33.4 Å². The van der Waals surface area contributed by atoms with Gasteiger partial charge in [-0.25, -0.2) is 0 Å². The molecule has 2 atom stereocenters. The predicted molar refractivity (Wildman–Crippen MR) is 90.8 cm³/mol. The van der Waals surface area contributed by atoms with Gasteiger partial charge in [0.1, 0.15) is 0 Å². The van der Waals surface area contributed by atoms with Gasteiger partial charge in [0, 0.05) is 25.7 Å². The normalized spacial score (nSPS) is 14.4. The van der Waals surface area contributed by atoms with Gasteiger partial charge in [-0.3, -0.25) is 4.90 Å². The fraction of sp³-hybridized carbons (Fsp3) is 0.667. The molecule has 0 fully saturated rings. The van der Waals surface area contributed by atoms with Crippen molar-refractivity contribution in [2.45, 2.75) is 46.2 Å². The van der Waals surface area contributed by atoms with Gasteiger partial charge in [-0.2, -0.15) is 0 Å². The molecule has 21 heavy (non-hydrogen) atoms. The van der Waals surface area contributed by atoms with E-state index in [0.717, 1.165) is 32.7 Å². The SMILES string of the molecule is CCNC(CCN(CC)C(C)COC)c1ccccc1C. The summed E-state index contributed by atoms with van der Waals surface area (Å²) in [6.45, 7) is 12.8. The molecule has 0 saturated heterocycles. The molecule has 3 heteroatoms. The Labute approximate surface area is 130 Å². The summed E-state index contributed by atoms with van der Waals surface area (Å²) in [7, 11) is 1.78. The molecule has 0 aromatic heterocycles. The molecule has 0 spiro atoms. The van der Waals surface area contributed by atoms with Crippen LogP contribution in [0.15, 0.2) is 24.3 Å². The van der Waals surface area contributed by atoms with Crippen LogP contribution in [0.1, 0.15) is 44.4 Å². The van der Waals surface area contributed by atoms with Gasteiger partial charge in [-0.1, -0.05) is 38.1 Å². The molecule has 0 saturated carbocycles. The van der Waals surface area contributed by atoms with Gasteiger partial charge in [-0.05, 0) is 44.5 Å². The minimum Gasteiger partial charge on any atom is -0.383 e. The second-order valence-electron chi connectivity index (χ2n) is 5.69. The van der Waals surface area contributed by atoms with E-state index in [4.69, 9.17) is 4.74 Å². The molecule has 2 unspecified atom stereocenters. The van der Waals surface area contributed by atoms with Gasteiger partial charge in [-0.15, -0.1) is 0 Å². The van der Waals surface area contributed by atoms with Gasteiger partial charge in [0.2, 0.25) is 0 Å². The van der Waals surface area contributed by atoms with E-state index in [1.54, 1.807) is 7.11 Å². The van der Waals surface area contributed by atoms with Gasteiger partial charge in [0.25, 0.3) is 0 Å². The smallest absolute Gasteiger partial charge is 0.0615 e. The van der Waals surface area contributed by atoms with Crippen LogP contribution in [0, 0.1) is 6.92 Å². The number of benzene rings is 1. The van der Waals surface area contributed by atoms with E-state index in [1.807, 2.05) is 0 Å². The maximum atomic E-state index is 5.29. The lowest BCUT2D eigenvalue weighted by Crippen LogP contribution is -2.38. The van der Waals surface area contributed by atoms with Crippen LogP contribution >= 0.6 is 0 Å². The number of hydrogen-bond donors (Lipinski definition) is 1. The summed E-state index contributed by atoms with van der Waals surface area (Å²) in [6.07, 6.45) is 1.13. The molecule has 0 aliphatic heterocycles. The largest absolute Gasteiger partial charge is 0.383 e. The molecule has 0 amide bonds. The molecule has 0 radical (unpaired) electrons. The third-order valence-electron chi connectivity index (χ3n) is 4.16. The summed E-state index contributed by atoms with van der Waals surface area (Å²) in [6, 6.07) is 9.60. The Morgan fingerprint density at radius 1 is 1.24 bits per heavy atom. The van der Waals surface area contributed by atoms with Crippen molar-refractivity contribution in [3.63, 3.8) is 0 Å². The van der Waals surface area contributed by atoms with Gasteiger partial charge < -0.3 is 10.1 Å². The van der Waals surface area contributed by atoms with Crippen molar-refractivity contribution in [1.29, 1.82) is 0 Å². The van der Waals surface area contributed by atoms with Crippen LogP contribution in [-0.4, -0.2) is 44.3 Å². The highest BCUT2D eigenvalue weighted by atomic mass is 16.5. The van der Waals surface area contributed by atoms with Gasteiger partial charge >= 0.3 is 0 Å². The summed E-state index contributed by atoms with van der Waals surface area (Å²) < 4.78 is 5.29. The van der Waals surface area contributed by atoms with Crippen LogP contribution in [-0.2, 0) is 4.74 Å². The number of ether oxygens (including phenoxy) is 1. The van der Waals surface area contributed by atoms with Crippen LogP contribution in [0.4, 0.5) is 0 Å². The topological polar surface area (TPSA) is 24.5 Å². The summed E-state index contributed by atoms with van der Waals surface area (Å²) in [5.74, 6) is 0. The minimum absolute atomic E-state index is 0.431. The summed E-state index contributed by atoms with van der Waals surface area (Å²) in [4.78, 5) is 2.49. The Kier molecular flexibility index (Phi) is 8.58. The first-order valence-electron chi connectivity index (χ1n) is 8.15. The van der Waals surface area contributed by atoms with Crippen molar-refractivity contribution in [3.8, 4) is 0 Å². The van der Waals surface area contributed by atoms with Crippen LogP contribution in [0.2, 0.25) is 0 Å². The number of likely N-dealkylation sites (N-methyl/N-ethyl adjacent to an activating group) is 1. The first-order chi connectivity index (χ1) is 10.1. The van der Waals surface area contributed by atoms with Crippen LogP contribution in [0.5, 0.6) is 0 Å². The molecule has 0 aliphatic rings. The molecule has 1 rings (SSSR count). The molecule has 3 nitrogen and oxygen atoms in total. The van der Waals surface area contributed by atoms with Crippen molar-refractivity contribution < 1.29 is 4.74 Å². The molecule has 0 bridgehead atoms. The highest BCUT2D eigenvalue weighted by Crippen LogP contribution is 2.21. The Bertz CT molecular complexity index is 395. The van der Waals surface area contributed by atoms with E-state index in [9.17, 15) is 0 Å². The highest BCUT2D eigenvalue weighted by Gasteiger charge is 2.16. The van der Waals surface area contributed by atoms with E-state index in [1.165, 1.54) is 11.1 Å². The van der Waals surface area contributed by atoms with E-state index in [2.05, 4.69) is 62.2 Å². The van der Waals surface area contributed by atoms with Gasteiger partial charge in [0.05, 0.1) is 6.61 Å². The Hall–Kier alpha value is -0.900. The fourth-order valence-electron chi connectivity index (χ4n) is 2.92. The molecular weight excluding hydrogens is 260 g/mol. The Morgan fingerprint density at radius 3 is 2.52 bits per heavy atom. The minimum atomic E-state index is 0.431. The summed E-state index contributed by atoms with van der Waals surface area (Å²) in [5, 5.41) is 3.63. The van der Waals surface area contributed by atoms with Crippen molar-refractivity contribution in [2.24, 2.45) is 0 Å². The average Bonchev–Trinajstić information content (AvgIpc) is 2.48. The quantitative estimate of drug-likeness (QED) is 0.715.